The zero-order valence-corrected chi connectivity index (χ0v) is 11.8. The molecule has 24 heavy (non-hydrogen) atoms. The molecule has 0 aliphatic carbocycles. The van der Waals surface area contributed by atoms with E-state index in [-0.39, 0.29) is 39.3 Å². The molecule has 0 radical (unpaired) electrons. The first-order chi connectivity index (χ1) is 11.3. The third kappa shape index (κ3) is 2.88. The Morgan fingerprint density at radius 3 is 2.25 bits per heavy atom. The zero-order valence-electron chi connectivity index (χ0n) is 11.8. The standard InChI is InChI=1S/C15H5F3N6/c16-15(17,18)24-8-10(4-20)2-12(6-22)14(24)13-11(5-21)1-9(3-19)7-23-13/h1,7-8H,2H2. The molecule has 116 valence electrons. The lowest BCUT2D eigenvalue weighted by Gasteiger charge is -2.30. The van der Waals surface area contributed by atoms with Gasteiger partial charge in [-0.1, -0.05) is 0 Å². The van der Waals surface area contributed by atoms with E-state index in [1.807, 2.05) is 0 Å². The van der Waals surface area contributed by atoms with E-state index >= 15 is 0 Å². The Hall–Kier alpha value is -3.82. The van der Waals surface area contributed by atoms with Gasteiger partial charge in [-0.2, -0.15) is 21.0 Å². The van der Waals surface area contributed by atoms with E-state index in [4.69, 9.17) is 15.8 Å². The second-order valence-electron chi connectivity index (χ2n) is 4.56. The average Bonchev–Trinajstić information content (AvgIpc) is 2.59. The molecule has 1 aliphatic rings. The van der Waals surface area contributed by atoms with E-state index in [2.05, 4.69) is 4.98 Å². The largest absolute Gasteiger partial charge is 0.489 e. The maximum absolute atomic E-state index is 13.3. The molecule has 1 aromatic heterocycles. The van der Waals surface area contributed by atoms with Crippen molar-refractivity contribution in [1.29, 1.82) is 21.0 Å². The van der Waals surface area contributed by atoms with Crippen LogP contribution in [-0.4, -0.2) is 16.2 Å². The third-order valence-corrected chi connectivity index (χ3v) is 3.09. The molecule has 0 bridgehead atoms. The van der Waals surface area contributed by atoms with E-state index in [9.17, 15) is 18.4 Å². The lowest BCUT2D eigenvalue weighted by atomic mass is 9.97. The van der Waals surface area contributed by atoms with Gasteiger partial charge in [0, 0.05) is 18.8 Å². The first-order valence-electron chi connectivity index (χ1n) is 6.26. The lowest BCUT2D eigenvalue weighted by molar-refractivity contribution is -0.206. The summed E-state index contributed by atoms with van der Waals surface area (Å²) >= 11 is 0. The van der Waals surface area contributed by atoms with Crippen LogP contribution in [-0.2, 0) is 0 Å². The van der Waals surface area contributed by atoms with Crippen molar-refractivity contribution in [2.45, 2.75) is 12.7 Å². The molecule has 0 amide bonds. The summed E-state index contributed by atoms with van der Waals surface area (Å²) in [5.74, 6) is 0. The van der Waals surface area contributed by atoms with Gasteiger partial charge in [0.2, 0.25) is 0 Å². The molecule has 9 heteroatoms. The normalized spacial score (nSPS) is 14.1. The van der Waals surface area contributed by atoms with Crippen LogP contribution in [0, 0.1) is 45.3 Å². The predicted molar refractivity (Wildman–Crippen MR) is 72.4 cm³/mol. The number of alkyl halides is 3. The summed E-state index contributed by atoms with van der Waals surface area (Å²) in [5.41, 5.74) is -1.87. The van der Waals surface area contributed by atoms with Gasteiger partial charge < -0.3 is 0 Å². The number of nitrogens with zero attached hydrogens (tertiary/aromatic N) is 6. The Balaban J connectivity index is 2.77. The van der Waals surface area contributed by atoms with Gasteiger partial charge in [-0.05, 0) is 6.07 Å². The van der Waals surface area contributed by atoms with Crippen molar-refractivity contribution in [2.24, 2.45) is 0 Å². The van der Waals surface area contributed by atoms with E-state index in [1.165, 1.54) is 0 Å². The van der Waals surface area contributed by atoms with Crippen LogP contribution >= 0.6 is 0 Å². The number of pyridine rings is 1. The minimum absolute atomic E-state index is 0.00275. The number of nitriles is 4. The third-order valence-electron chi connectivity index (χ3n) is 3.09. The maximum atomic E-state index is 13.3. The van der Waals surface area contributed by atoms with Gasteiger partial charge in [0.05, 0.1) is 40.1 Å². The van der Waals surface area contributed by atoms with E-state index in [0.29, 0.717) is 6.20 Å². The second-order valence-corrected chi connectivity index (χ2v) is 4.56. The van der Waals surface area contributed by atoms with E-state index in [1.54, 1.807) is 24.3 Å². The molecule has 1 aromatic rings. The molecule has 0 saturated heterocycles. The van der Waals surface area contributed by atoms with E-state index in [0.717, 1.165) is 12.3 Å². The van der Waals surface area contributed by atoms with Crippen LogP contribution < -0.4 is 0 Å². The Kier molecular flexibility index (Phi) is 4.22. The highest BCUT2D eigenvalue weighted by molar-refractivity contribution is 5.75. The summed E-state index contributed by atoms with van der Waals surface area (Å²) in [6.45, 7) is 0. The Morgan fingerprint density at radius 1 is 1.04 bits per heavy atom. The van der Waals surface area contributed by atoms with Crippen molar-refractivity contribution in [2.75, 3.05) is 0 Å². The highest BCUT2D eigenvalue weighted by Gasteiger charge is 2.42. The molecular formula is C15H5F3N6. The average molecular weight is 326 g/mol. The molecule has 6 nitrogen and oxygen atoms in total. The van der Waals surface area contributed by atoms with Crippen LogP contribution in [0.15, 0.2) is 29.6 Å². The van der Waals surface area contributed by atoms with Gasteiger partial charge in [0.1, 0.15) is 17.8 Å². The smallest absolute Gasteiger partial charge is 0.255 e. The minimum atomic E-state index is -4.93. The Labute approximate surface area is 134 Å². The summed E-state index contributed by atoms with van der Waals surface area (Å²) in [7, 11) is 0. The van der Waals surface area contributed by atoms with Crippen LogP contribution in [0.4, 0.5) is 13.2 Å². The van der Waals surface area contributed by atoms with Crippen LogP contribution in [0.2, 0.25) is 0 Å². The number of rotatable bonds is 1. The molecule has 0 spiro atoms. The van der Waals surface area contributed by atoms with Crippen molar-refractivity contribution in [3.05, 3.63) is 46.4 Å². The summed E-state index contributed by atoms with van der Waals surface area (Å²) in [6, 6.07) is 7.71. The van der Waals surface area contributed by atoms with Gasteiger partial charge in [-0.25, -0.2) is 0 Å². The van der Waals surface area contributed by atoms with Crippen LogP contribution in [0.1, 0.15) is 23.2 Å². The SMILES string of the molecule is N#CC1=CN(C(F)(F)F)C(c2ncc(C#N)cc2C#N)=C(C#N)C1. The van der Waals surface area contributed by atoms with Crippen LogP contribution in [0.25, 0.3) is 5.70 Å². The molecule has 0 saturated carbocycles. The maximum Gasteiger partial charge on any atom is 0.489 e. The fourth-order valence-corrected chi connectivity index (χ4v) is 2.10. The van der Waals surface area contributed by atoms with Gasteiger partial charge in [0.25, 0.3) is 0 Å². The fraction of sp³-hybridized carbons (Fsp3) is 0.133. The second kappa shape index (κ2) is 6.12. The number of halogens is 3. The molecule has 0 fully saturated rings. The highest BCUT2D eigenvalue weighted by atomic mass is 19.4. The van der Waals surface area contributed by atoms with Crippen molar-refractivity contribution in [3.8, 4) is 24.3 Å². The lowest BCUT2D eigenvalue weighted by Crippen LogP contribution is -2.35. The Bertz CT molecular complexity index is 928. The molecule has 2 heterocycles. The summed E-state index contributed by atoms with van der Waals surface area (Å²) in [6.07, 6.45) is -3.66. The highest BCUT2D eigenvalue weighted by Crippen LogP contribution is 2.39. The van der Waals surface area contributed by atoms with Gasteiger partial charge in [0.15, 0.2) is 0 Å². The summed E-state index contributed by atoms with van der Waals surface area (Å²) in [5, 5.41) is 36.0. The van der Waals surface area contributed by atoms with Gasteiger partial charge >= 0.3 is 6.30 Å². The fourth-order valence-electron chi connectivity index (χ4n) is 2.10. The molecular weight excluding hydrogens is 321 g/mol. The summed E-state index contributed by atoms with van der Waals surface area (Å²) < 4.78 is 40.0. The van der Waals surface area contributed by atoms with Gasteiger partial charge in [-0.3, -0.25) is 9.88 Å². The quantitative estimate of drug-likeness (QED) is 0.733. The number of allylic oxidation sites excluding steroid dienone is 2. The van der Waals surface area contributed by atoms with Gasteiger partial charge in [-0.15, -0.1) is 13.2 Å². The monoisotopic (exact) mass is 326 g/mol. The minimum Gasteiger partial charge on any atom is -0.255 e. The molecule has 2 rings (SSSR count). The van der Waals surface area contributed by atoms with Crippen LogP contribution in [0.5, 0.6) is 0 Å². The molecule has 0 unspecified atom stereocenters. The Morgan fingerprint density at radius 2 is 1.75 bits per heavy atom. The van der Waals surface area contributed by atoms with Crippen molar-refractivity contribution in [1.82, 2.24) is 9.88 Å². The van der Waals surface area contributed by atoms with Crippen molar-refractivity contribution in [3.63, 3.8) is 0 Å². The first kappa shape index (κ1) is 16.5. The van der Waals surface area contributed by atoms with Crippen LogP contribution in [0.3, 0.4) is 0 Å². The first-order valence-corrected chi connectivity index (χ1v) is 6.26. The number of aromatic nitrogens is 1. The van der Waals surface area contributed by atoms with Crippen molar-refractivity contribution < 1.29 is 13.2 Å². The predicted octanol–water partition coefficient (Wildman–Crippen LogP) is 2.69. The topological polar surface area (TPSA) is 111 Å². The number of hydrogen-bond acceptors (Lipinski definition) is 6. The summed E-state index contributed by atoms with van der Waals surface area (Å²) in [4.78, 5) is 3.54. The number of hydrogen-bond donors (Lipinski definition) is 0. The molecule has 0 aromatic carbocycles. The molecule has 0 atom stereocenters. The van der Waals surface area contributed by atoms with Crippen molar-refractivity contribution >= 4 is 5.70 Å². The molecule has 0 N–H and O–H groups in total. The zero-order chi connectivity index (χ0) is 17.9. The molecule has 1 aliphatic heterocycles. The van der Waals surface area contributed by atoms with E-state index < -0.39 is 12.0 Å².